The molecular weight excluding hydrogens is 310 g/mol. The highest BCUT2D eigenvalue weighted by Gasteiger charge is 2.08. The van der Waals surface area contributed by atoms with Crippen molar-refractivity contribution in [2.24, 2.45) is 0 Å². The molecule has 18 heavy (non-hydrogen) atoms. The number of benzene rings is 1. The maximum atomic E-state index is 5.86. The van der Waals surface area contributed by atoms with Crippen LogP contribution in [-0.2, 0) is 6.54 Å². The Morgan fingerprint density at radius 3 is 2.89 bits per heavy atom. The van der Waals surface area contributed by atoms with Crippen LogP contribution >= 0.6 is 27.3 Å². The van der Waals surface area contributed by atoms with Crippen molar-refractivity contribution in [1.29, 1.82) is 0 Å². The number of halogens is 1. The Labute approximate surface area is 120 Å². The zero-order chi connectivity index (χ0) is 13.1. The van der Waals surface area contributed by atoms with Gasteiger partial charge < -0.3 is 11.1 Å². The molecule has 1 aromatic heterocycles. The molecule has 0 fully saturated rings. The highest BCUT2D eigenvalue weighted by atomic mass is 79.9. The first-order valence-corrected chi connectivity index (χ1v) is 7.43. The summed E-state index contributed by atoms with van der Waals surface area (Å²) in [6.07, 6.45) is 0. The highest BCUT2D eigenvalue weighted by Crippen LogP contribution is 2.21. The van der Waals surface area contributed by atoms with Crippen LogP contribution < -0.4 is 11.1 Å². The van der Waals surface area contributed by atoms with E-state index in [1.807, 2.05) is 19.1 Å². The molecule has 0 aliphatic rings. The minimum absolute atomic E-state index is 0.258. The molecule has 3 N–H and O–H groups in total. The van der Waals surface area contributed by atoms with Crippen molar-refractivity contribution >= 4 is 33.0 Å². The molecule has 3 nitrogen and oxygen atoms in total. The first kappa shape index (κ1) is 13.5. The van der Waals surface area contributed by atoms with Crippen molar-refractivity contribution in [2.75, 3.05) is 5.73 Å². The third kappa shape index (κ3) is 3.31. The summed E-state index contributed by atoms with van der Waals surface area (Å²) in [4.78, 5) is 4.48. The number of rotatable bonds is 4. The molecule has 0 spiro atoms. The summed E-state index contributed by atoms with van der Waals surface area (Å²) in [7, 11) is 0. The van der Waals surface area contributed by atoms with Gasteiger partial charge in [-0.2, -0.15) is 0 Å². The molecule has 1 atom stereocenters. The van der Waals surface area contributed by atoms with E-state index in [2.05, 4.69) is 44.6 Å². The van der Waals surface area contributed by atoms with Gasteiger partial charge >= 0.3 is 0 Å². The first-order chi connectivity index (χ1) is 8.56. The van der Waals surface area contributed by atoms with Gasteiger partial charge in [0.15, 0.2) is 0 Å². The van der Waals surface area contributed by atoms with Crippen LogP contribution in [0.15, 0.2) is 28.1 Å². The number of nitrogen functional groups attached to an aromatic ring is 1. The second-order valence-corrected chi connectivity index (χ2v) is 6.03. The molecule has 0 bridgehead atoms. The lowest BCUT2D eigenvalue weighted by atomic mass is 10.2. The minimum atomic E-state index is 0.258. The monoisotopic (exact) mass is 325 g/mol. The number of nitrogens with two attached hydrogens (primary N) is 1. The predicted molar refractivity (Wildman–Crippen MR) is 80.7 cm³/mol. The van der Waals surface area contributed by atoms with E-state index >= 15 is 0 Å². The molecule has 5 heteroatoms. The normalized spacial score (nSPS) is 12.6. The third-order valence-electron chi connectivity index (χ3n) is 2.68. The number of nitrogens with zero attached hydrogens (tertiary/aromatic N) is 1. The molecule has 2 rings (SSSR count). The Balaban J connectivity index is 1.97. The van der Waals surface area contributed by atoms with Gasteiger partial charge in [-0.05, 0) is 47.5 Å². The maximum absolute atomic E-state index is 5.86. The maximum Gasteiger partial charge on any atom is 0.110 e. The first-order valence-electron chi connectivity index (χ1n) is 5.75. The number of nitrogens with one attached hydrogen (secondary N) is 1. The van der Waals surface area contributed by atoms with E-state index in [9.17, 15) is 0 Å². The van der Waals surface area contributed by atoms with Crippen LogP contribution in [0.3, 0.4) is 0 Å². The average molecular weight is 326 g/mol. The van der Waals surface area contributed by atoms with Gasteiger partial charge in [0.25, 0.3) is 0 Å². The lowest BCUT2D eigenvalue weighted by molar-refractivity contribution is 0.571. The Hall–Kier alpha value is -0.910. The highest BCUT2D eigenvalue weighted by molar-refractivity contribution is 9.10. The van der Waals surface area contributed by atoms with Gasteiger partial charge in [0.2, 0.25) is 0 Å². The molecule has 0 aliphatic carbocycles. The average Bonchev–Trinajstić information content (AvgIpc) is 2.77. The summed E-state index contributed by atoms with van der Waals surface area (Å²) in [5, 5.41) is 6.65. The fourth-order valence-corrected chi connectivity index (χ4v) is 2.71. The fourth-order valence-electron chi connectivity index (χ4n) is 1.63. The number of aromatic nitrogens is 1. The van der Waals surface area contributed by atoms with Crippen molar-refractivity contribution in [1.82, 2.24) is 10.3 Å². The Bertz CT molecular complexity index is 539. The molecule has 0 saturated carbocycles. The SMILES string of the molecule is Cc1csc(C(C)NCc2ccc(Br)c(N)c2)n1. The topological polar surface area (TPSA) is 50.9 Å². The van der Waals surface area contributed by atoms with Crippen molar-refractivity contribution in [2.45, 2.75) is 26.4 Å². The molecule has 1 unspecified atom stereocenters. The summed E-state index contributed by atoms with van der Waals surface area (Å²) in [6, 6.07) is 6.28. The van der Waals surface area contributed by atoms with Crippen LogP contribution in [-0.4, -0.2) is 4.98 Å². The van der Waals surface area contributed by atoms with Gasteiger partial charge in [0, 0.05) is 27.8 Å². The van der Waals surface area contributed by atoms with E-state index < -0.39 is 0 Å². The summed E-state index contributed by atoms with van der Waals surface area (Å²) in [5.41, 5.74) is 8.88. The van der Waals surface area contributed by atoms with Crippen LogP contribution in [0.5, 0.6) is 0 Å². The molecule has 96 valence electrons. The van der Waals surface area contributed by atoms with Crippen LogP contribution in [0.1, 0.15) is 29.2 Å². The van der Waals surface area contributed by atoms with Gasteiger partial charge in [0.05, 0.1) is 6.04 Å². The van der Waals surface area contributed by atoms with Crippen LogP contribution in [0.2, 0.25) is 0 Å². The van der Waals surface area contributed by atoms with Crippen molar-refractivity contribution in [3.63, 3.8) is 0 Å². The largest absolute Gasteiger partial charge is 0.398 e. The Kier molecular flexibility index (Phi) is 4.37. The summed E-state index contributed by atoms with van der Waals surface area (Å²) < 4.78 is 0.940. The second kappa shape index (κ2) is 5.82. The lowest BCUT2D eigenvalue weighted by Gasteiger charge is -2.11. The molecule has 0 amide bonds. The third-order valence-corrected chi connectivity index (χ3v) is 4.55. The van der Waals surface area contributed by atoms with E-state index in [1.165, 1.54) is 5.56 Å². The quantitative estimate of drug-likeness (QED) is 0.843. The molecule has 0 radical (unpaired) electrons. The minimum Gasteiger partial charge on any atom is -0.398 e. The molecule has 0 saturated heterocycles. The van der Waals surface area contributed by atoms with Gasteiger partial charge in [-0.1, -0.05) is 6.07 Å². The van der Waals surface area contributed by atoms with Crippen LogP contribution in [0, 0.1) is 6.92 Å². The Morgan fingerprint density at radius 2 is 2.28 bits per heavy atom. The zero-order valence-corrected chi connectivity index (χ0v) is 12.8. The summed E-state index contributed by atoms with van der Waals surface area (Å²) in [5.74, 6) is 0. The molecule has 2 aromatic rings. The van der Waals surface area contributed by atoms with Crippen molar-refractivity contribution in [3.05, 3.63) is 44.3 Å². The van der Waals surface area contributed by atoms with Gasteiger partial charge in [-0.3, -0.25) is 0 Å². The van der Waals surface area contributed by atoms with E-state index in [-0.39, 0.29) is 6.04 Å². The smallest absolute Gasteiger partial charge is 0.110 e. The summed E-state index contributed by atoms with van der Waals surface area (Å²) >= 11 is 5.09. The number of anilines is 1. The summed E-state index contributed by atoms with van der Waals surface area (Å²) in [6.45, 7) is 4.93. The standard InChI is InChI=1S/C13H16BrN3S/c1-8-7-18-13(17-8)9(2)16-6-10-3-4-11(14)12(15)5-10/h3-5,7,9,16H,6,15H2,1-2H3. The molecule has 1 aromatic carbocycles. The van der Waals surface area contributed by atoms with Gasteiger partial charge in [-0.25, -0.2) is 4.98 Å². The van der Waals surface area contributed by atoms with Crippen LogP contribution in [0.4, 0.5) is 5.69 Å². The van der Waals surface area contributed by atoms with Crippen LogP contribution in [0.25, 0.3) is 0 Å². The predicted octanol–water partition coefficient (Wildman–Crippen LogP) is 3.65. The number of thiazole rings is 1. The number of hydrogen-bond acceptors (Lipinski definition) is 4. The second-order valence-electron chi connectivity index (χ2n) is 4.29. The molecule has 1 heterocycles. The molecular formula is C13H16BrN3S. The van der Waals surface area contributed by atoms with Gasteiger partial charge in [-0.15, -0.1) is 11.3 Å². The number of hydrogen-bond donors (Lipinski definition) is 2. The van der Waals surface area contributed by atoms with Crippen molar-refractivity contribution in [3.8, 4) is 0 Å². The molecule has 0 aliphatic heterocycles. The van der Waals surface area contributed by atoms with Crippen molar-refractivity contribution < 1.29 is 0 Å². The van der Waals surface area contributed by atoms with E-state index in [0.29, 0.717) is 0 Å². The fraction of sp³-hybridized carbons (Fsp3) is 0.308. The van der Waals surface area contributed by atoms with E-state index in [4.69, 9.17) is 5.73 Å². The Morgan fingerprint density at radius 1 is 1.50 bits per heavy atom. The zero-order valence-electron chi connectivity index (χ0n) is 10.4. The van der Waals surface area contributed by atoms with E-state index in [1.54, 1.807) is 11.3 Å². The number of aryl methyl sites for hydroxylation is 1. The lowest BCUT2D eigenvalue weighted by Crippen LogP contribution is -2.18. The van der Waals surface area contributed by atoms with E-state index in [0.717, 1.165) is 27.4 Å². The van der Waals surface area contributed by atoms with Gasteiger partial charge in [0.1, 0.15) is 5.01 Å².